The number of aliphatic hydroxyl groups excluding tert-OH is 3. The van der Waals surface area contributed by atoms with E-state index in [0.29, 0.717) is 11.6 Å². The lowest BCUT2D eigenvalue weighted by atomic mass is 10.0. The molecule has 1 fully saturated rings. The average molecular weight is 250 g/mol. The summed E-state index contributed by atoms with van der Waals surface area (Å²) in [6, 6.07) is 0. The molecule has 1 heterocycles. The first kappa shape index (κ1) is 13.7. The van der Waals surface area contributed by atoms with Crippen LogP contribution in [0.1, 0.15) is 6.92 Å². The van der Waals surface area contributed by atoms with Gasteiger partial charge in [0.2, 0.25) is 0 Å². The Kier molecular flexibility index (Phi) is 5.00. The Balaban J connectivity index is 2.54. The molecule has 0 saturated carbocycles. The van der Waals surface area contributed by atoms with Crippen LogP contribution < -0.4 is 5.73 Å². The molecule has 0 spiro atoms. The molecule has 16 heavy (non-hydrogen) atoms. The zero-order chi connectivity index (χ0) is 12.3. The number of rotatable bonds is 3. The molecule has 7 heteroatoms. The van der Waals surface area contributed by atoms with Crippen LogP contribution in [-0.4, -0.2) is 63.8 Å². The van der Waals surface area contributed by atoms with Gasteiger partial charge >= 0.3 is 0 Å². The Morgan fingerprint density at radius 3 is 2.50 bits per heavy atom. The Morgan fingerprint density at radius 2 is 1.94 bits per heavy atom. The number of aliphatic imine (C=N–C) groups is 1. The molecule has 94 valence electrons. The van der Waals surface area contributed by atoms with E-state index in [4.69, 9.17) is 10.5 Å². The van der Waals surface area contributed by atoms with Gasteiger partial charge in [-0.2, -0.15) is 0 Å². The number of amidine groups is 1. The highest BCUT2D eigenvalue weighted by molar-refractivity contribution is 8.00. The van der Waals surface area contributed by atoms with E-state index >= 15 is 0 Å². The molecule has 1 aliphatic rings. The highest BCUT2D eigenvalue weighted by atomic mass is 32.2. The predicted molar refractivity (Wildman–Crippen MR) is 62.4 cm³/mol. The Bertz CT molecular complexity index is 264. The van der Waals surface area contributed by atoms with Gasteiger partial charge in [0.15, 0.2) is 0 Å². The van der Waals surface area contributed by atoms with Gasteiger partial charge in [0, 0.05) is 7.05 Å². The van der Waals surface area contributed by atoms with E-state index in [-0.39, 0.29) is 0 Å². The maximum Gasteiger partial charge on any atom is 0.132 e. The molecule has 0 bridgehead atoms. The number of nitrogens with zero attached hydrogens (tertiary/aromatic N) is 1. The van der Waals surface area contributed by atoms with Crippen LogP contribution in [0.3, 0.4) is 0 Å². The fourth-order valence-electron chi connectivity index (χ4n) is 1.38. The predicted octanol–water partition coefficient (Wildman–Crippen LogP) is -1.47. The second-order valence-corrected chi connectivity index (χ2v) is 4.79. The average Bonchev–Trinajstić information content (AvgIpc) is 2.28. The van der Waals surface area contributed by atoms with Gasteiger partial charge < -0.3 is 25.8 Å². The van der Waals surface area contributed by atoms with Crippen molar-refractivity contribution in [2.24, 2.45) is 10.7 Å². The van der Waals surface area contributed by atoms with Crippen molar-refractivity contribution in [1.82, 2.24) is 0 Å². The summed E-state index contributed by atoms with van der Waals surface area (Å²) in [7, 11) is 1.58. The van der Waals surface area contributed by atoms with Crippen LogP contribution >= 0.6 is 11.8 Å². The van der Waals surface area contributed by atoms with Crippen LogP contribution in [0.4, 0.5) is 0 Å². The third-order valence-electron chi connectivity index (χ3n) is 2.49. The SMILES string of the molecule is CN=C(N)CSC1OC(C)C(O)C(O)C1O. The van der Waals surface area contributed by atoms with Gasteiger partial charge in [-0.05, 0) is 6.92 Å². The summed E-state index contributed by atoms with van der Waals surface area (Å²) >= 11 is 1.25. The fourth-order valence-corrected chi connectivity index (χ4v) is 2.46. The molecule has 1 saturated heterocycles. The molecular formula is C9H18N2O4S. The minimum atomic E-state index is -1.19. The molecule has 0 amide bonds. The Hall–Kier alpha value is -0.340. The zero-order valence-corrected chi connectivity index (χ0v) is 10.1. The molecule has 5 atom stereocenters. The molecule has 1 aliphatic heterocycles. The monoisotopic (exact) mass is 250 g/mol. The third kappa shape index (κ3) is 3.08. The normalized spacial score (nSPS) is 41.1. The number of thioether (sulfide) groups is 1. The summed E-state index contributed by atoms with van der Waals surface area (Å²) in [5.41, 5.74) is 4.91. The summed E-state index contributed by atoms with van der Waals surface area (Å²) in [5, 5.41) is 28.7. The van der Waals surface area contributed by atoms with Crippen molar-refractivity contribution in [3.05, 3.63) is 0 Å². The quantitative estimate of drug-likeness (QED) is 0.360. The van der Waals surface area contributed by atoms with E-state index in [0.717, 1.165) is 0 Å². The Morgan fingerprint density at radius 1 is 1.31 bits per heavy atom. The van der Waals surface area contributed by atoms with Crippen molar-refractivity contribution in [3.63, 3.8) is 0 Å². The van der Waals surface area contributed by atoms with Gasteiger partial charge in [-0.1, -0.05) is 0 Å². The fraction of sp³-hybridized carbons (Fsp3) is 0.889. The first-order valence-corrected chi connectivity index (χ1v) is 6.04. The second-order valence-electron chi connectivity index (χ2n) is 3.71. The molecule has 0 radical (unpaired) electrons. The van der Waals surface area contributed by atoms with E-state index in [1.807, 2.05) is 0 Å². The summed E-state index contributed by atoms with van der Waals surface area (Å²) < 4.78 is 5.37. The lowest BCUT2D eigenvalue weighted by Gasteiger charge is -2.38. The summed E-state index contributed by atoms with van der Waals surface area (Å²) in [5.74, 6) is 0.849. The van der Waals surface area contributed by atoms with Crippen LogP contribution in [0.5, 0.6) is 0 Å². The molecule has 6 nitrogen and oxygen atoms in total. The lowest BCUT2D eigenvalue weighted by molar-refractivity contribution is -0.192. The summed E-state index contributed by atoms with van der Waals surface area (Å²) in [6.45, 7) is 1.64. The number of nitrogens with two attached hydrogens (primary N) is 1. The summed E-state index contributed by atoms with van der Waals surface area (Å²) in [6.07, 6.45) is -3.90. The van der Waals surface area contributed by atoms with Crippen LogP contribution in [0.15, 0.2) is 4.99 Å². The number of hydrogen-bond donors (Lipinski definition) is 4. The number of ether oxygens (including phenoxy) is 1. The van der Waals surface area contributed by atoms with Crippen molar-refractivity contribution in [1.29, 1.82) is 0 Å². The maximum absolute atomic E-state index is 9.67. The van der Waals surface area contributed by atoms with Crippen molar-refractivity contribution >= 4 is 17.6 Å². The maximum atomic E-state index is 9.67. The molecule has 5 N–H and O–H groups in total. The van der Waals surface area contributed by atoms with Gasteiger partial charge in [-0.25, -0.2) is 0 Å². The minimum absolute atomic E-state index is 0.410. The number of hydrogen-bond acceptors (Lipinski definition) is 6. The zero-order valence-electron chi connectivity index (χ0n) is 9.28. The topological polar surface area (TPSA) is 108 Å². The smallest absolute Gasteiger partial charge is 0.132 e. The lowest BCUT2D eigenvalue weighted by Crippen LogP contribution is -2.55. The van der Waals surface area contributed by atoms with Gasteiger partial charge in [0.05, 0.1) is 11.9 Å². The molecule has 0 aliphatic carbocycles. The van der Waals surface area contributed by atoms with Crippen molar-refractivity contribution < 1.29 is 20.1 Å². The van der Waals surface area contributed by atoms with E-state index < -0.39 is 29.9 Å². The highest BCUT2D eigenvalue weighted by Crippen LogP contribution is 2.28. The van der Waals surface area contributed by atoms with Gasteiger partial charge in [-0.15, -0.1) is 11.8 Å². The van der Waals surface area contributed by atoms with Crippen LogP contribution in [0, 0.1) is 0 Å². The van der Waals surface area contributed by atoms with Crippen molar-refractivity contribution in [2.75, 3.05) is 12.8 Å². The van der Waals surface area contributed by atoms with Gasteiger partial charge in [0.1, 0.15) is 29.6 Å². The van der Waals surface area contributed by atoms with Gasteiger partial charge in [0.25, 0.3) is 0 Å². The molecule has 5 unspecified atom stereocenters. The van der Waals surface area contributed by atoms with E-state index in [1.54, 1.807) is 14.0 Å². The largest absolute Gasteiger partial charge is 0.388 e. The van der Waals surface area contributed by atoms with Crippen molar-refractivity contribution in [2.45, 2.75) is 36.8 Å². The van der Waals surface area contributed by atoms with Crippen LogP contribution in [0.25, 0.3) is 0 Å². The van der Waals surface area contributed by atoms with Gasteiger partial charge in [-0.3, -0.25) is 4.99 Å². The number of aliphatic hydroxyl groups is 3. The standard InChI is InChI=1S/C9H18N2O4S/c1-4-6(12)7(13)8(14)9(15-4)16-3-5(10)11-2/h4,6-9,12-14H,3H2,1-2H3,(H2,10,11). The minimum Gasteiger partial charge on any atom is -0.388 e. The van der Waals surface area contributed by atoms with Crippen LogP contribution in [-0.2, 0) is 4.74 Å². The molecule has 0 aromatic carbocycles. The summed E-state index contributed by atoms with van der Waals surface area (Å²) in [4.78, 5) is 3.78. The molecule has 0 aromatic rings. The van der Waals surface area contributed by atoms with E-state index in [9.17, 15) is 15.3 Å². The molecular weight excluding hydrogens is 232 g/mol. The van der Waals surface area contributed by atoms with E-state index in [1.165, 1.54) is 11.8 Å². The first-order chi connectivity index (χ1) is 7.47. The first-order valence-electron chi connectivity index (χ1n) is 4.99. The second kappa shape index (κ2) is 5.83. The highest BCUT2D eigenvalue weighted by Gasteiger charge is 2.41. The van der Waals surface area contributed by atoms with Crippen LogP contribution in [0.2, 0.25) is 0 Å². The molecule has 0 aromatic heterocycles. The Labute approximate surface area is 98.5 Å². The van der Waals surface area contributed by atoms with Crippen molar-refractivity contribution in [3.8, 4) is 0 Å². The third-order valence-corrected chi connectivity index (χ3v) is 3.67. The van der Waals surface area contributed by atoms with E-state index in [2.05, 4.69) is 4.99 Å². The molecule has 1 rings (SSSR count).